The van der Waals surface area contributed by atoms with Crippen molar-refractivity contribution in [2.45, 2.75) is 33.2 Å². The first-order valence-corrected chi connectivity index (χ1v) is 11.3. The van der Waals surface area contributed by atoms with Crippen LogP contribution < -0.4 is 14.9 Å². The Morgan fingerprint density at radius 3 is 2.55 bits per heavy atom. The summed E-state index contributed by atoms with van der Waals surface area (Å²) in [5.74, 6) is 0.148. The fraction of sp³-hybridized carbons (Fsp3) is 0.520. The van der Waals surface area contributed by atoms with Crippen LogP contribution in [0, 0.1) is 5.41 Å². The maximum absolute atomic E-state index is 12.5. The molecule has 1 aromatic carbocycles. The number of methoxy groups -OCH3 is 1. The van der Waals surface area contributed by atoms with Crippen LogP contribution in [0.3, 0.4) is 0 Å². The van der Waals surface area contributed by atoms with E-state index in [1.165, 1.54) is 12.3 Å². The average Bonchev–Trinajstić information content (AvgIpc) is 2.77. The predicted molar refractivity (Wildman–Crippen MR) is 125 cm³/mol. The van der Waals surface area contributed by atoms with E-state index in [1.54, 1.807) is 7.11 Å². The Bertz CT molecular complexity index is 1100. The van der Waals surface area contributed by atoms with Gasteiger partial charge in [-0.25, -0.2) is 4.79 Å². The van der Waals surface area contributed by atoms with Crippen LogP contribution in [0.5, 0.6) is 11.5 Å². The van der Waals surface area contributed by atoms with Gasteiger partial charge in [0.15, 0.2) is 16.9 Å². The van der Waals surface area contributed by atoms with Gasteiger partial charge in [-0.05, 0) is 23.1 Å². The smallest absolute Gasteiger partial charge is 0.341 e. The van der Waals surface area contributed by atoms with Crippen molar-refractivity contribution in [2.75, 3.05) is 46.6 Å². The van der Waals surface area contributed by atoms with Crippen molar-refractivity contribution in [3.8, 4) is 22.8 Å². The zero-order chi connectivity index (χ0) is 23.8. The molecule has 2 aliphatic rings. The molecule has 8 heteroatoms. The molecule has 1 unspecified atom stereocenters. The number of hydrogen-bond acceptors (Lipinski definition) is 6. The second-order valence-corrected chi connectivity index (χ2v) is 9.71. The van der Waals surface area contributed by atoms with Crippen LogP contribution in [0.2, 0.25) is 0 Å². The summed E-state index contributed by atoms with van der Waals surface area (Å²) in [6.07, 6.45) is 1.46. The molecule has 2 aliphatic heterocycles. The highest BCUT2D eigenvalue weighted by Crippen LogP contribution is 2.48. The average molecular weight is 457 g/mol. The minimum Gasteiger partial charge on any atom is -0.493 e. The Morgan fingerprint density at radius 1 is 1.18 bits per heavy atom. The molecule has 1 fully saturated rings. The molecule has 0 aliphatic carbocycles. The van der Waals surface area contributed by atoms with Crippen LogP contribution >= 0.6 is 0 Å². The Balaban J connectivity index is 1.72. The van der Waals surface area contributed by atoms with Gasteiger partial charge in [-0.2, -0.15) is 0 Å². The summed E-state index contributed by atoms with van der Waals surface area (Å²) in [5.41, 5.74) is 1.82. The quantitative estimate of drug-likeness (QED) is 0.714. The van der Waals surface area contributed by atoms with E-state index in [0.717, 1.165) is 44.0 Å². The number of hydrogen-bond donors (Lipinski definition) is 1. The third kappa shape index (κ3) is 4.77. The fourth-order valence-corrected chi connectivity index (χ4v) is 4.62. The van der Waals surface area contributed by atoms with Crippen LogP contribution in [0.15, 0.2) is 29.2 Å². The van der Waals surface area contributed by atoms with E-state index in [0.29, 0.717) is 30.3 Å². The second-order valence-electron chi connectivity index (χ2n) is 9.71. The topological polar surface area (TPSA) is 90.2 Å². The zero-order valence-electron chi connectivity index (χ0n) is 19.7. The molecule has 8 nitrogen and oxygen atoms in total. The van der Waals surface area contributed by atoms with Gasteiger partial charge >= 0.3 is 5.97 Å². The highest BCUT2D eigenvalue weighted by Gasteiger charge is 2.35. The molecule has 0 spiro atoms. The van der Waals surface area contributed by atoms with E-state index in [1.807, 2.05) is 16.7 Å². The number of carboxylic acids is 1. The van der Waals surface area contributed by atoms with Gasteiger partial charge in [-0.1, -0.05) is 20.8 Å². The van der Waals surface area contributed by atoms with Crippen molar-refractivity contribution in [2.24, 2.45) is 5.41 Å². The first-order valence-electron chi connectivity index (χ1n) is 11.3. The van der Waals surface area contributed by atoms with Gasteiger partial charge in [0.2, 0.25) is 0 Å². The molecule has 1 N–H and O–H groups in total. The number of fused-ring (bicyclic) bond motifs is 3. The summed E-state index contributed by atoms with van der Waals surface area (Å²) in [5, 5.41) is 9.42. The van der Waals surface area contributed by atoms with E-state index >= 15 is 0 Å². The lowest BCUT2D eigenvalue weighted by Gasteiger charge is -2.38. The molecule has 0 saturated carbocycles. The lowest BCUT2D eigenvalue weighted by molar-refractivity contribution is 0.0321. The van der Waals surface area contributed by atoms with Crippen molar-refractivity contribution in [1.29, 1.82) is 0 Å². The van der Waals surface area contributed by atoms with Crippen LogP contribution in [0.25, 0.3) is 11.3 Å². The number of ether oxygens (including phenoxy) is 3. The molecule has 1 saturated heterocycles. The summed E-state index contributed by atoms with van der Waals surface area (Å²) in [7, 11) is 1.60. The van der Waals surface area contributed by atoms with E-state index in [9.17, 15) is 14.7 Å². The monoisotopic (exact) mass is 456 g/mol. The standard InChI is InChI=1S/C25H32N2O6/c1-25(2,3)19-15-27-14-18(24(29)30)21(28)13-20(27)17-12-22(31-4)23(11-16(17)19)33-10-7-26-5-8-32-9-6-26/h11-14,19H,5-10,15H2,1-4H3,(H,29,30). The number of morpholine rings is 1. The molecule has 2 aromatic rings. The van der Waals surface area contributed by atoms with Crippen molar-refractivity contribution in [1.82, 2.24) is 9.47 Å². The van der Waals surface area contributed by atoms with Crippen LogP contribution in [0.4, 0.5) is 0 Å². The lowest BCUT2D eigenvalue weighted by Crippen LogP contribution is -2.38. The van der Waals surface area contributed by atoms with E-state index in [2.05, 4.69) is 25.7 Å². The van der Waals surface area contributed by atoms with Gasteiger partial charge in [0.1, 0.15) is 12.2 Å². The first-order chi connectivity index (χ1) is 15.7. The van der Waals surface area contributed by atoms with E-state index < -0.39 is 11.4 Å². The summed E-state index contributed by atoms with van der Waals surface area (Å²) >= 11 is 0. The number of carbonyl (C=O) groups is 1. The summed E-state index contributed by atoms with van der Waals surface area (Å²) < 4.78 is 19.1. The number of nitrogens with zero attached hydrogens (tertiary/aromatic N) is 2. The minimum atomic E-state index is -1.21. The summed E-state index contributed by atoms with van der Waals surface area (Å²) in [6, 6.07) is 5.35. The molecule has 1 aromatic heterocycles. The van der Waals surface area contributed by atoms with E-state index in [-0.39, 0.29) is 16.9 Å². The van der Waals surface area contributed by atoms with Gasteiger partial charge in [0.05, 0.1) is 26.0 Å². The second kappa shape index (κ2) is 9.19. The SMILES string of the molecule is COc1cc2c(cc1OCCN1CCOCC1)C(C(C)(C)C)Cn1cc(C(=O)O)c(=O)cc1-2. The number of rotatable bonds is 6. The molecule has 3 heterocycles. The fourth-order valence-electron chi connectivity index (χ4n) is 4.62. The molecule has 178 valence electrons. The van der Waals surface area contributed by atoms with Crippen LogP contribution in [0.1, 0.15) is 42.6 Å². The Kier molecular flexibility index (Phi) is 6.50. The van der Waals surface area contributed by atoms with Gasteiger partial charge in [-0.15, -0.1) is 0 Å². The predicted octanol–water partition coefficient (Wildman–Crippen LogP) is 3.08. The highest BCUT2D eigenvalue weighted by atomic mass is 16.5. The Hall–Kier alpha value is -2.84. The molecule has 0 amide bonds. The van der Waals surface area contributed by atoms with Crippen molar-refractivity contribution in [3.63, 3.8) is 0 Å². The normalized spacial score (nSPS) is 18.4. The number of benzene rings is 1. The van der Waals surface area contributed by atoms with Crippen LogP contribution in [-0.4, -0.2) is 67.1 Å². The molecular formula is C25H32N2O6. The zero-order valence-corrected chi connectivity index (χ0v) is 19.7. The maximum atomic E-state index is 12.5. The third-order valence-electron chi connectivity index (χ3n) is 6.54. The number of pyridine rings is 1. The van der Waals surface area contributed by atoms with E-state index in [4.69, 9.17) is 14.2 Å². The summed E-state index contributed by atoms with van der Waals surface area (Å²) in [4.78, 5) is 26.3. The minimum absolute atomic E-state index is 0.0941. The molecule has 1 atom stereocenters. The lowest BCUT2D eigenvalue weighted by atomic mass is 9.73. The van der Waals surface area contributed by atoms with Gasteiger partial charge in [0.25, 0.3) is 0 Å². The number of aromatic nitrogens is 1. The largest absolute Gasteiger partial charge is 0.493 e. The molecule has 0 bridgehead atoms. The van der Waals surface area contributed by atoms with Crippen molar-refractivity contribution < 1.29 is 24.1 Å². The van der Waals surface area contributed by atoms with Gasteiger partial charge in [0, 0.05) is 49.9 Å². The first kappa shape index (κ1) is 23.3. The van der Waals surface area contributed by atoms with Crippen molar-refractivity contribution in [3.05, 3.63) is 45.7 Å². The Labute approximate surface area is 193 Å². The Morgan fingerprint density at radius 2 is 1.91 bits per heavy atom. The van der Waals surface area contributed by atoms with Gasteiger partial charge in [-0.3, -0.25) is 9.69 Å². The molecule has 4 rings (SSSR count). The summed E-state index contributed by atoms with van der Waals surface area (Å²) in [6.45, 7) is 11.7. The molecule has 0 radical (unpaired) electrons. The molecular weight excluding hydrogens is 424 g/mol. The third-order valence-corrected chi connectivity index (χ3v) is 6.54. The van der Waals surface area contributed by atoms with Crippen molar-refractivity contribution >= 4 is 5.97 Å². The number of carboxylic acid groups (broad SMARTS) is 1. The maximum Gasteiger partial charge on any atom is 0.341 e. The molecule has 33 heavy (non-hydrogen) atoms. The highest BCUT2D eigenvalue weighted by molar-refractivity contribution is 5.88. The van der Waals surface area contributed by atoms with Crippen LogP contribution in [-0.2, 0) is 11.3 Å². The number of aromatic carboxylic acids is 1. The van der Waals surface area contributed by atoms with Gasteiger partial charge < -0.3 is 23.9 Å².